The van der Waals surface area contributed by atoms with Crippen molar-refractivity contribution < 1.29 is 9.84 Å². The summed E-state index contributed by atoms with van der Waals surface area (Å²) < 4.78 is 7.73. The Bertz CT molecular complexity index is 624. The molecule has 2 aromatic rings. The second-order valence-electron chi connectivity index (χ2n) is 4.88. The second kappa shape index (κ2) is 4.54. The quantitative estimate of drug-likeness (QED) is 0.872. The van der Waals surface area contributed by atoms with Gasteiger partial charge >= 0.3 is 0 Å². The zero-order valence-corrected chi connectivity index (χ0v) is 11.6. The van der Waals surface area contributed by atoms with E-state index in [4.69, 9.17) is 16.3 Å². The number of rotatable bonds is 1. The van der Waals surface area contributed by atoms with Crippen LogP contribution in [0.5, 0.6) is 5.75 Å². The Labute approximate surface area is 116 Å². The lowest BCUT2D eigenvalue weighted by molar-refractivity contribution is 0.0654. The van der Waals surface area contributed by atoms with E-state index in [-0.39, 0.29) is 6.10 Å². The fourth-order valence-electron chi connectivity index (χ4n) is 2.54. The first kappa shape index (κ1) is 12.5. The highest BCUT2D eigenvalue weighted by Crippen LogP contribution is 2.42. The summed E-state index contributed by atoms with van der Waals surface area (Å²) in [7, 11) is 1.88. The molecule has 1 N–H and O–H groups in total. The van der Waals surface area contributed by atoms with Crippen LogP contribution in [0, 0.1) is 6.92 Å². The molecule has 0 bridgehead atoms. The molecule has 2 heterocycles. The number of benzene rings is 1. The van der Waals surface area contributed by atoms with Gasteiger partial charge in [0.15, 0.2) is 0 Å². The Morgan fingerprint density at radius 2 is 2.21 bits per heavy atom. The van der Waals surface area contributed by atoms with E-state index in [0.717, 1.165) is 16.8 Å². The number of halogens is 1. The number of hydrogen-bond acceptors (Lipinski definition) is 3. The highest BCUT2D eigenvalue weighted by Gasteiger charge is 2.30. The molecule has 3 rings (SSSR count). The molecule has 0 aliphatic carbocycles. The van der Waals surface area contributed by atoms with Crippen molar-refractivity contribution in [3.05, 3.63) is 46.2 Å². The Morgan fingerprint density at radius 3 is 2.89 bits per heavy atom. The Morgan fingerprint density at radius 1 is 1.42 bits per heavy atom. The van der Waals surface area contributed by atoms with Gasteiger partial charge in [-0.05, 0) is 25.1 Å². The summed E-state index contributed by atoms with van der Waals surface area (Å²) in [6.45, 7) is 1.95. The summed E-state index contributed by atoms with van der Waals surface area (Å²) in [5.74, 6) is 0.691. The number of fused-ring (bicyclic) bond motifs is 1. The van der Waals surface area contributed by atoms with Crippen molar-refractivity contribution in [2.75, 3.05) is 0 Å². The van der Waals surface area contributed by atoms with Crippen molar-refractivity contribution in [1.82, 2.24) is 9.78 Å². The van der Waals surface area contributed by atoms with E-state index in [0.29, 0.717) is 17.2 Å². The fourth-order valence-corrected chi connectivity index (χ4v) is 2.72. The number of nitrogens with zero attached hydrogens (tertiary/aromatic N) is 2. The highest BCUT2D eigenvalue weighted by atomic mass is 35.5. The number of aryl methyl sites for hydroxylation is 2. The number of aliphatic hydroxyl groups excluding tert-OH is 1. The fraction of sp³-hybridized carbons (Fsp3) is 0.357. The third-order valence-electron chi connectivity index (χ3n) is 3.44. The molecule has 1 unspecified atom stereocenters. The standard InChI is InChI=1S/C14H15ClN2O2/c1-8-11(7-17(2)16-8)14-6-12(18)10-5-9(15)3-4-13(10)19-14/h3-5,7,12,14,18H,6H2,1-2H3/t12-,14?/m1/s1. The minimum atomic E-state index is -0.563. The third-order valence-corrected chi connectivity index (χ3v) is 3.67. The van der Waals surface area contributed by atoms with E-state index in [2.05, 4.69) is 5.10 Å². The molecule has 1 aliphatic heterocycles. The lowest BCUT2D eigenvalue weighted by Gasteiger charge is -2.29. The van der Waals surface area contributed by atoms with E-state index in [1.807, 2.05) is 20.2 Å². The van der Waals surface area contributed by atoms with Crippen molar-refractivity contribution in [1.29, 1.82) is 0 Å². The lowest BCUT2D eigenvalue weighted by atomic mass is 9.95. The molecule has 0 fully saturated rings. The minimum Gasteiger partial charge on any atom is -0.485 e. The molecule has 19 heavy (non-hydrogen) atoms. The monoisotopic (exact) mass is 278 g/mol. The van der Waals surface area contributed by atoms with E-state index >= 15 is 0 Å². The van der Waals surface area contributed by atoms with E-state index in [9.17, 15) is 5.11 Å². The summed E-state index contributed by atoms with van der Waals surface area (Å²) in [5, 5.41) is 15.2. The Kier molecular flexibility index (Phi) is 2.99. The molecule has 1 aromatic heterocycles. The van der Waals surface area contributed by atoms with Gasteiger partial charge in [-0.2, -0.15) is 5.10 Å². The van der Waals surface area contributed by atoms with Gasteiger partial charge < -0.3 is 9.84 Å². The molecule has 1 aliphatic rings. The maximum absolute atomic E-state index is 10.2. The first-order valence-corrected chi connectivity index (χ1v) is 6.56. The van der Waals surface area contributed by atoms with Gasteiger partial charge in [0.25, 0.3) is 0 Å². The molecular weight excluding hydrogens is 264 g/mol. The van der Waals surface area contributed by atoms with Gasteiger partial charge in [0, 0.05) is 35.8 Å². The van der Waals surface area contributed by atoms with Crippen molar-refractivity contribution in [2.45, 2.75) is 25.6 Å². The van der Waals surface area contributed by atoms with Crippen LogP contribution in [0.3, 0.4) is 0 Å². The number of aromatic nitrogens is 2. The first-order valence-electron chi connectivity index (χ1n) is 6.19. The molecule has 0 saturated heterocycles. The van der Waals surface area contributed by atoms with Gasteiger partial charge in [0.1, 0.15) is 11.9 Å². The van der Waals surface area contributed by atoms with Gasteiger partial charge in [-0.1, -0.05) is 11.6 Å². The number of hydrogen-bond donors (Lipinski definition) is 1. The van der Waals surface area contributed by atoms with Gasteiger partial charge in [-0.15, -0.1) is 0 Å². The van der Waals surface area contributed by atoms with E-state index in [1.54, 1.807) is 22.9 Å². The lowest BCUT2D eigenvalue weighted by Crippen LogP contribution is -2.19. The van der Waals surface area contributed by atoms with E-state index < -0.39 is 6.10 Å². The van der Waals surface area contributed by atoms with Gasteiger partial charge in [-0.3, -0.25) is 4.68 Å². The molecule has 2 atom stereocenters. The van der Waals surface area contributed by atoms with Gasteiger partial charge in [-0.25, -0.2) is 0 Å². The van der Waals surface area contributed by atoms with Crippen molar-refractivity contribution in [2.24, 2.45) is 7.05 Å². The average molecular weight is 279 g/mol. The van der Waals surface area contributed by atoms with Crippen LogP contribution < -0.4 is 4.74 Å². The van der Waals surface area contributed by atoms with Crippen molar-refractivity contribution in [3.8, 4) is 5.75 Å². The summed E-state index contributed by atoms with van der Waals surface area (Å²) in [5.41, 5.74) is 2.70. The van der Waals surface area contributed by atoms with Crippen molar-refractivity contribution >= 4 is 11.6 Å². The maximum Gasteiger partial charge on any atom is 0.130 e. The van der Waals surface area contributed by atoms with Crippen molar-refractivity contribution in [3.63, 3.8) is 0 Å². The molecule has 0 radical (unpaired) electrons. The van der Waals surface area contributed by atoms with E-state index in [1.165, 1.54) is 0 Å². The molecular formula is C14H15ClN2O2. The molecule has 5 heteroatoms. The zero-order valence-electron chi connectivity index (χ0n) is 10.8. The maximum atomic E-state index is 10.2. The zero-order chi connectivity index (χ0) is 13.6. The SMILES string of the molecule is Cc1nn(C)cc1C1C[C@@H](O)c2cc(Cl)ccc2O1. The van der Waals surface area contributed by atoms with Crippen LogP contribution in [-0.2, 0) is 7.05 Å². The topological polar surface area (TPSA) is 47.3 Å². The third kappa shape index (κ3) is 2.22. The highest BCUT2D eigenvalue weighted by molar-refractivity contribution is 6.30. The largest absolute Gasteiger partial charge is 0.485 e. The normalized spacial score (nSPS) is 21.9. The second-order valence-corrected chi connectivity index (χ2v) is 5.32. The summed E-state index contributed by atoms with van der Waals surface area (Å²) in [6.07, 6.45) is 1.72. The molecule has 1 aromatic carbocycles. The summed E-state index contributed by atoms with van der Waals surface area (Å²) in [4.78, 5) is 0. The average Bonchev–Trinajstić information content (AvgIpc) is 2.69. The first-order chi connectivity index (χ1) is 9.04. The predicted molar refractivity (Wildman–Crippen MR) is 72.3 cm³/mol. The molecule has 0 amide bonds. The summed E-state index contributed by atoms with van der Waals surface area (Å²) in [6, 6.07) is 5.33. The Hall–Kier alpha value is -1.52. The predicted octanol–water partition coefficient (Wildman–Crippen LogP) is 2.94. The van der Waals surface area contributed by atoms with Crippen LogP contribution in [0.25, 0.3) is 0 Å². The summed E-state index contributed by atoms with van der Waals surface area (Å²) >= 11 is 5.94. The molecule has 0 saturated carbocycles. The van der Waals surface area contributed by atoms with Crippen LogP contribution in [0.1, 0.15) is 35.4 Å². The van der Waals surface area contributed by atoms with Crippen LogP contribution in [0.4, 0.5) is 0 Å². The van der Waals surface area contributed by atoms with Crippen LogP contribution in [-0.4, -0.2) is 14.9 Å². The number of ether oxygens (including phenoxy) is 1. The smallest absolute Gasteiger partial charge is 0.130 e. The molecule has 0 spiro atoms. The van der Waals surface area contributed by atoms with Crippen LogP contribution >= 0.6 is 11.6 Å². The van der Waals surface area contributed by atoms with Gasteiger partial charge in [0.2, 0.25) is 0 Å². The molecule has 4 nitrogen and oxygen atoms in total. The molecule has 100 valence electrons. The van der Waals surface area contributed by atoms with Gasteiger partial charge in [0.05, 0.1) is 11.8 Å². The van der Waals surface area contributed by atoms with Crippen LogP contribution in [0.15, 0.2) is 24.4 Å². The minimum absolute atomic E-state index is 0.169. The Balaban J connectivity index is 1.97. The van der Waals surface area contributed by atoms with Crippen LogP contribution in [0.2, 0.25) is 5.02 Å². The number of aliphatic hydroxyl groups is 1.